The van der Waals surface area contributed by atoms with Crippen LogP contribution in [0, 0.1) is 11.6 Å². The zero-order chi connectivity index (χ0) is 26.3. The standard InChI is InChI=1S/C29H36F3N3O2/c1-4-5-10-33-15-22(16-33)37-21-12-23(30)27(24(31)13-21)28-26-11-20-8-6-7-9-25(20)34(26)14-19(2)35(28)17-29(3,32)18-36/h6-9,11-13,19,22,28,36H,4-5,10,14-18H2,1-3H3/t19-,28+,29?/m1/s1. The maximum atomic E-state index is 15.8. The molecule has 5 rings (SSSR count). The fourth-order valence-electron chi connectivity index (χ4n) is 5.69. The molecule has 3 atom stereocenters. The van der Waals surface area contributed by atoms with Crippen LogP contribution in [0.2, 0.25) is 0 Å². The largest absolute Gasteiger partial charge is 0.488 e. The highest BCUT2D eigenvalue weighted by Gasteiger charge is 2.41. The lowest BCUT2D eigenvalue weighted by atomic mass is 9.94. The number of aliphatic hydroxyl groups excluding tert-OH is 1. The summed E-state index contributed by atoms with van der Waals surface area (Å²) in [6, 6.07) is 11.1. The third-order valence-corrected chi connectivity index (χ3v) is 7.69. The van der Waals surface area contributed by atoms with Gasteiger partial charge in [-0.25, -0.2) is 13.2 Å². The lowest BCUT2D eigenvalue weighted by Crippen LogP contribution is -2.53. The van der Waals surface area contributed by atoms with Gasteiger partial charge in [-0.15, -0.1) is 0 Å². The zero-order valence-corrected chi connectivity index (χ0v) is 21.8. The molecule has 2 aliphatic heterocycles. The van der Waals surface area contributed by atoms with Crippen molar-refractivity contribution in [2.75, 3.05) is 32.8 Å². The predicted octanol–water partition coefficient (Wildman–Crippen LogP) is 5.30. The molecule has 2 aliphatic rings. The second kappa shape index (κ2) is 10.3. The molecule has 0 saturated carbocycles. The fraction of sp³-hybridized carbons (Fsp3) is 0.517. The highest BCUT2D eigenvalue weighted by atomic mass is 19.1. The molecule has 37 heavy (non-hydrogen) atoms. The van der Waals surface area contributed by atoms with Crippen molar-refractivity contribution in [2.24, 2.45) is 0 Å². The number of nitrogens with zero attached hydrogens (tertiary/aromatic N) is 3. The molecule has 0 aliphatic carbocycles. The Balaban J connectivity index is 1.50. The van der Waals surface area contributed by atoms with E-state index in [1.54, 1.807) is 4.90 Å². The molecular formula is C29H36F3N3O2. The Morgan fingerprint density at radius 1 is 1.08 bits per heavy atom. The van der Waals surface area contributed by atoms with Gasteiger partial charge in [0.25, 0.3) is 0 Å². The van der Waals surface area contributed by atoms with E-state index in [-0.39, 0.29) is 30.0 Å². The number of para-hydroxylation sites is 1. The Morgan fingerprint density at radius 2 is 1.78 bits per heavy atom. The van der Waals surface area contributed by atoms with E-state index in [1.807, 2.05) is 37.3 Å². The summed E-state index contributed by atoms with van der Waals surface area (Å²) in [4.78, 5) is 4.04. The number of rotatable bonds is 9. The molecule has 0 bridgehead atoms. The topological polar surface area (TPSA) is 40.9 Å². The summed E-state index contributed by atoms with van der Waals surface area (Å²) in [5, 5.41) is 10.6. The van der Waals surface area contributed by atoms with Crippen LogP contribution < -0.4 is 4.74 Å². The van der Waals surface area contributed by atoms with Gasteiger partial charge in [0.15, 0.2) is 0 Å². The monoisotopic (exact) mass is 515 g/mol. The van der Waals surface area contributed by atoms with Crippen molar-refractivity contribution in [1.82, 2.24) is 14.4 Å². The van der Waals surface area contributed by atoms with Crippen molar-refractivity contribution in [1.29, 1.82) is 0 Å². The number of aromatic nitrogens is 1. The predicted molar refractivity (Wildman–Crippen MR) is 139 cm³/mol. The van der Waals surface area contributed by atoms with Gasteiger partial charge < -0.3 is 14.4 Å². The highest BCUT2D eigenvalue weighted by Crippen LogP contribution is 2.42. The first kappa shape index (κ1) is 26.1. The molecule has 1 unspecified atom stereocenters. The van der Waals surface area contributed by atoms with E-state index in [0.29, 0.717) is 12.2 Å². The number of aliphatic hydroxyl groups is 1. The summed E-state index contributed by atoms with van der Waals surface area (Å²) in [5.41, 5.74) is -0.387. The van der Waals surface area contributed by atoms with E-state index >= 15 is 13.2 Å². The number of ether oxygens (including phenoxy) is 1. The van der Waals surface area contributed by atoms with E-state index in [2.05, 4.69) is 16.4 Å². The summed E-state index contributed by atoms with van der Waals surface area (Å²) in [6.45, 7) is 7.57. The maximum Gasteiger partial charge on any atom is 0.143 e. The van der Waals surface area contributed by atoms with Crippen LogP contribution in [0.4, 0.5) is 13.2 Å². The Morgan fingerprint density at radius 3 is 2.46 bits per heavy atom. The van der Waals surface area contributed by atoms with Gasteiger partial charge in [-0.3, -0.25) is 9.80 Å². The molecule has 1 aromatic heterocycles. The summed E-state index contributed by atoms with van der Waals surface area (Å²) < 4.78 is 54.6. The van der Waals surface area contributed by atoms with Crippen LogP contribution in [-0.4, -0.2) is 70.1 Å². The molecule has 3 aromatic rings. The first-order valence-electron chi connectivity index (χ1n) is 13.2. The lowest BCUT2D eigenvalue weighted by Gasteiger charge is -2.44. The normalized spacial score (nSPS) is 22.6. The first-order chi connectivity index (χ1) is 17.7. The van der Waals surface area contributed by atoms with Crippen LogP contribution in [0.15, 0.2) is 42.5 Å². The van der Waals surface area contributed by atoms with Crippen LogP contribution >= 0.6 is 0 Å². The second-order valence-corrected chi connectivity index (χ2v) is 10.9. The number of unbranched alkanes of at least 4 members (excludes halogenated alkanes) is 1. The number of hydrogen-bond acceptors (Lipinski definition) is 4. The van der Waals surface area contributed by atoms with E-state index in [4.69, 9.17) is 4.74 Å². The molecule has 0 amide bonds. The van der Waals surface area contributed by atoms with Crippen LogP contribution in [-0.2, 0) is 6.54 Å². The van der Waals surface area contributed by atoms with Crippen LogP contribution in [0.1, 0.15) is 50.9 Å². The van der Waals surface area contributed by atoms with Crippen molar-refractivity contribution in [3.63, 3.8) is 0 Å². The van der Waals surface area contributed by atoms with Crippen molar-refractivity contribution in [2.45, 2.75) is 64.0 Å². The third-order valence-electron chi connectivity index (χ3n) is 7.69. The fourth-order valence-corrected chi connectivity index (χ4v) is 5.69. The molecule has 5 nitrogen and oxygen atoms in total. The van der Waals surface area contributed by atoms with Gasteiger partial charge in [0.2, 0.25) is 0 Å². The average Bonchev–Trinajstić information content (AvgIpc) is 3.19. The molecule has 2 aromatic carbocycles. The van der Waals surface area contributed by atoms with Crippen molar-refractivity contribution < 1.29 is 23.0 Å². The minimum Gasteiger partial charge on any atom is -0.488 e. The van der Waals surface area contributed by atoms with E-state index < -0.39 is 30.0 Å². The summed E-state index contributed by atoms with van der Waals surface area (Å²) in [5.74, 6) is -1.27. The summed E-state index contributed by atoms with van der Waals surface area (Å²) in [7, 11) is 0. The number of likely N-dealkylation sites (tertiary alicyclic amines) is 1. The lowest BCUT2D eigenvalue weighted by molar-refractivity contribution is 0.00841. The third kappa shape index (κ3) is 5.11. The smallest absolute Gasteiger partial charge is 0.143 e. The minimum atomic E-state index is -1.93. The number of halogens is 3. The minimum absolute atomic E-state index is 0.0907. The van der Waals surface area contributed by atoms with Gasteiger partial charge in [0.1, 0.15) is 29.2 Å². The van der Waals surface area contributed by atoms with Crippen molar-refractivity contribution in [3.8, 4) is 5.75 Å². The molecule has 1 saturated heterocycles. The molecule has 1 fully saturated rings. The Hall–Kier alpha value is -2.55. The highest BCUT2D eigenvalue weighted by molar-refractivity contribution is 5.82. The van der Waals surface area contributed by atoms with Crippen LogP contribution in [0.5, 0.6) is 5.75 Å². The Labute approximate surface area is 216 Å². The van der Waals surface area contributed by atoms with Crippen LogP contribution in [0.25, 0.3) is 10.9 Å². The zero-order valence-electron chi connectivity index (χ0n) is 21.8. The molecule has 8 heteroatoms. The number of benzene rings is 2. The SMILES string of the molecule is CCCCN1CC(Oc2cc(F)c([C@@H]3c4cc5ccccc5n4C[C@@H](C)N3CC(C)(F)CO)c(F)c2)C1. The molecule has 0 spiro atoms. The van der Waals surface area contributed by atoms with Crippen molar-refractivity contribution in [3.05, 3.63) is 65.4 Å². The van der Waals surface area contributed by atoms with E-state index in [9.17, 15) is 5.11 Å². The molecular weight excluding hydrogens is 479 g/mol. The van der Waals surface area contributed by atoms with Crippen LogP contribution in [0.3, 0.4) is 0 Å². The second-order valence-electron chi connectivity index (χ2n) is 10.9. The van der Waals surface area contributed by atoms with Gasteiger partial charge in [0.05, 0.1) is 12.6 Å². The van der Waals surface area contributed by atoms with Gasteiger partial charge in [-0.1, -0.05) is 31.5 Å². The number of fused-ring (bicyclic) bond motifs is 3. The summed E-state index contributed by atoms with van der Waals surface area (Å²) >= 11 is 0. The van der Waals surface area contributed by atoms with Crippen molar-refractivity contribution >= 4 is 10.9 Å². The van der Waals surface area contributed by atoms with E-state index in [0.717, 1.165) is 43.4 Å². The average molecular weight is 516 g/mol. The Bertz CT molecular complexity index is 1230. The van der Waals surface area contributed by atoms with Gasteiger partial charge >= 0.3 is 0 Å². The summed E-state index contributed by atoms with van der Waals surface area (Å²) in [6.07, 6.45) is 2.15. The van der Waals surface area contributed by atoms with E-state index in [1.165, 1.54) is 19.1 Å². The van der Waals surface area contributed by atoms with Gasteiger partial charge in [-0.2, -0.15) is 0 Å². The number of hydrogen-bond donors (Lipinski definition) is 1. The molecule has 3 heterocycles. The maximum absolute atomic E-state index is 15.8. The number of alkyl halides is 1. The first-order valence-corrected chi connectivity index (χ1v) is 13.2. The molecule has 200 valence electrons. The van der Waals surface area contributed by atoms with Gasteiger partial charge in [-0.05, 0) is 44.3 Å². The molecule has 1 N–H and O–H groups in total. The quantitative estimate of drug-likeness (QED) is 0.420. The molecule has 0 radical (unpaired) electrons. The Kier molecular flexibility index (Phi) is 7.27. The van der Waals surface area contributed by atoms with Gasteiger partial charge in [0, 0.05) is 61.1 Å².